The van der Waals surface area contributed by atoms with Crippen molar-refractivity contribution in [3.8, 4) is 0 Å². The van der Waals surface area contributed by atoms with Gasteiger partial charge in [0.25, 0.3) is 0 Å². The first-order valence-corrected chi connectivity index (χ1v) is 8.39. The predicted octanol–water partition coefficient (Wildman–Crippen LogP) is 1.29. The summed E-state index contributed by atoms with van der Waals surface area (Å²) in [6.07, 6.45) is 2.33. The van der Waals surface area contributed by atoms with E-state index in [1.807, 2.05) is 0 Å². The number of carbonyl (C=O) groups excluding carboxylic acids is 2. The molecule has 1 aliphatic heterocycles. The Bertz CT molecular complexity index is 863. The maximum absolute atomic E-state index is 13.3. The molecule has 2 amide bonds. The fourth-order valence-corrected chi connectivity index (χ4v) is 3.38. The van der Waals surface area contributed by atoms with Crippen LogP contribution in [0.2, 0.25) is 0 Å². The van der Waals surface area contributed by atoms with Gasteiger partial charge >= 0.3 is 5.97 Å². The van der Waals surface area contributed by atoms with E-state index in [2.05, 4.69) is 10.3 Å². The van der Waals surface area contributed by atoms with Crippen LogP contribution in [0.15, 0.2) is 24.4 Å². The normalized spacial score (nSPS) is 18.1. The minimum absolute atomic E-state index is 0.142. The van der Waals surface area contributed by atoms with Crippen LogP contribution in [0.4, 0.5) is 4.39 Å². The van der Waals surface area contributed by atoms with Crippen LogP contribution in [0.1, 0.15) is 18.9 Å². The monoisotopic (exact) mass is 361 g/mol. The quantitative estimate of drug-likeness (QED) is 0.747. The van der Waals surface area contributed by atoms with Gasteiger partial charge in [-0.2, -0.15) is 0 Å². The molecule has 2 atom stereocenters. The van der Waals surface area contributed by atoms with Gasteiger partial charge in [-0.1, -0.05) is 0 Å². The number of carbonyl (C=O) groups is 3. The van der Waals surface area contributed by atoms with Gasteiger partial charge in [0.1, 0.15) is 11.9 Å². The Morgan fingerprint density at radius 3 is 2.85 bits per heavy atom. The van der Waals surface area contributed by atoms with E-state index in [1.54, 1.807) is 12.3 Å². The third-order valence-electron chi connectivity index (χ3n) is 4.68. The molecule has 2 aromatic rings. The van der Waals surface area contributed by atoms with Crippen LogP contribution in [0.3, 0.4) is 0 Å². The van der Waals surface area contributed by atoms with Gasteiger partial charge in [-0.15, -0.1) is 0 Å². The number of halogens is 1. The second-order valence-corrected chi connectivity index (χ2v) is 6.57. The van der Waals surface area contributed by atoms with E-state index in [-0.39, 0.29) is 30.6 Å². The molecule has 0 saturated carbocycles. The highest BCUT2D eigenvalue weighted by Gasteiger charge is 2.34. The first kappa shape index (κ1) is 17.9. The number of likely N-dealkylation sites (tertiary alicyclic amines) is 1. The van der Waals surface area contributed by atoms with Crippen molar-refractivity contribution in [1.29, 1.82) is 0 Å². The molecule has 0 aliphatic carbocycles. The van der Waals surface area contributed by atoms with Crippen molar-refractivity contribution in [3.05, 3.63) is 35.8 Å². The SMILES string of the molecule is CC(=O)NC(Cc1c[nH]c2cc(F)ccc12)C(=O)N1CCC(C(=O)O)C1. The molecule has 2 heterocycles. The number of rotatable bonds is 5. The molecule has 8 heteroatoms. The Balaban J connectivity index is 1.80. The number of amides is 2. The summed E-state index contributed by atoms with van der Waals surface area (Å²) in [4.78, 5) is 39.9. The Hall–Kier alpha value is -2.90. The lowest BCUT2D eigenvalue weighted by Gasteiger charge is -2.23. The predicted molar refractivity (Wildman–Crippen MR) is 91.9 cm³/mol. The maximum Gasteiger partial charge on any atom is 0.308 e. The fraction of sp³-hybridized carbons (Fsp3) is 0.389. The highest BCUT2D eigenvalue weighted by Crippen LogP contribution is 2.22. The molecular formula is C18H20FN3O4. The molecule has 0 spiro atoms. The van der Waals surface area contributed by atoms with Crippen LogP contribution in [-0.4, -0.2) is 51.9 Å². The van der Waals surface area contributed by atoms with Crippen LogP contribution < -0.4 is 5.32 Å². The van der Waals surface area contributed by atoms with Crippen LogP contribution in [0, 0.1) is 11.7 Å². The van der Waals surface area contributed by atoms with Crippen LogP contribution >= 0.6 is 0 Å². The molecule has 0 bridgehead atoms. The van der Waals surface area contributed by atoms with Crippen molar-refractivity contribution in [1.82, 2.24) is 15.2 Å². The third kappa shape index (κ3) is 3.68. The van der Waals surface area contributed by atoms with Crippen LogP contribution in [0.5, 0.6) is 0 Å². The van der Waals surface area contributed by atoms with E-state index >= 15 is 0 Å². The minimum Gasteiger partial charge on any atom is -0.481 e. The molecule has 0 radical (unpaired) electrons. The molecule has 138 valence electrons. The number of nitrogens with zero attached hydrogens (tertiary/aromatic N) is 1. The summed E-state index contributed by atoms with van der Waals surface area (Å²) < 4.78 is 13.3. The number of fused-ring (bicyclic) bond motifs is 1. The van der Waals surface area contributed by atoms with Crippen LogP contribution in [0.25, 0.3) is 10.9 Å². The molecule has 3 rings (SSSR count). The highest BCUT2D eigenvalue weighted by atomic mass is 19.1. The number of aromatic nitrogens is 1. The summed E-state index contributed by atoms with van der Waals surface area (Å²) in [5.41, 5.74) is 1.39. The Kier molecular flexibility index (Phi) is 4.92. The number of carboxylic acid groups (broad SMARTS) is 1. The lowest BCUT2D eigenvalue weighted by molar-refractivity contribution is -0.141. The molecule has 1 aromatic carbocycles. The van der Waals surface area contributed by atoms with E-state index in [0.29, 0.717) is 18.5 Å². The molecule has 26 heavy (non-hydrogen) atoms. The van der Waals surface area contributed by atoms with E-state index < -0.39 is 17.9 Å². The lowest BCUT2D eigenvalue weighted by atomic mass is 10.0. The van der Waals surface area contributed by atoms with Gasteiger partial charge in [0.15, 0.2) is 0 Å². The second kappa shape index (κ2) is 7.15. The first-order chi connectivity index (χ1) is 12.3. The number of carboxylic acids is 1. The van der Waals surface area contributed by atoms with Crippen molar-refractivity contribution in [2.24, 2.45) is 5.92 Å². The fourth-order valence-electron chi connectivity index (χ4n) is 3.38. The molecule has 7 nitrogen and oxygen atoms in total. The molecule has 1 fully saturated rings. The van der Waals surface area contributed by atoms with Crippen LogP contribution in [-0.2, 0) is 20.8 Å². The second-order valence-electron chi connectivity index (χ2n) is 6.57. The summed E-state index contributed by atoms with van der Waals surface area (Å²) in [7, 11) is 0. The van der Waals surface area contributed by atoms with Gasteiger partial charge in [0, 0.05) is 43.5 Å². The summed E-state index contributed by atoms with van der Waals surface area (Å²) in [6.45, 7) is 1.82. The third-order valence-corrected chi connectivity index (χ3v) is 4.68. The number of nitrogens with one attached hydrogen (secondary N) is 2. The number of aromatic amines is 1. The summed E-state index contributed by atoms with van der Waals surface area (Å²) in [5, 5.41) is 12.5. The largest absolute Gasteiger partial charge is 0.481 e. The van der Waals surface area contributed by atoms with Crippen molar-refractivity contribution < 1.29 is 23.9 Å². The molecule has 1 saturated heterocycles. The molecule has 3 N–H and O–H groups in total. The van der Waals surface area contributed by atoms with E-state index in [0.717, 1.165) is 10.9 Å². The maximum atomic E-state index is 13.3. The highest BCUT2D eigenvalue weighted by molar-refractivity contribution is 5.89. The average molecular weight is 361 g/mol. The average Bonchev–Trinajstić information content (AvgIpc) is 3.20. The Labute approximate surface area is 149 Å². The summed E-state index contributed by atoms with van der Waals surface area (Å²) in [5.74, 6) is -2.51. The lowest BCUT2D eigenvalue weighted by Crippen LogP contribution is -2.48. The number of hydrogen-bond donors (Lipinski definition) is 3. The Morgan fingerprint density at radius 2 is 2.19 bits per heavy atom. The number of hydrogen-bond acceptors (Lipinski definition) is 3. The van der Waals surface area contributed by atoms with Gasteiger partial charge in [0.05, 0.1) is 5.92 Å². The zero-order valence-electron chi connectivity index (χ0n) is 14.3. The smallest absolute Gasteiger partial charge is 0.308 e. The zero-order valence-corrected chi connectivity index (χ0v) is 14.3. The van der Waals surface area contributed by atoms with Gasteiger partial charge < -0.3 is 20.3 Å². The molecule has 1 aromatic heterocycles. The zero-order chi connectivity index (χ0) is 18.8. The van der Waals surface area contributed by atoms with Gasteiger partial charge in [-0.05, 0) is 30.2 Å². The van der Waals surface area contributed by atoms with Crippen molar-refractivity contribution in [3.63, 3.8) is 0 Å². The van der Waals surface area contributed by atoms with Crippen molar-refractivity contribution in [2.45, 2.75) is 25.8 Å². The number of H-pyrrole nitrogens is 1. The van der Waals surface area contributed by atoms with E-state index in [1.165, 1.54) is 24.0 Å². The molecule has 2 unspecified atom stereocenters. The number of benzene rings is 1. The molecular weight excluding hydrogens is 341 g/mol. The standard InChI is InChI=1S/C18H20FN3O4/c1-10(23)21-16(17(24)22-5-4-11(9-22)18(25)26)6-12-8-20-15-7-13(19)2-3-14(12)15/h2-3,7-8,11,16,20H,4-6,9H2,1H3,(H,21,23)(H,25,26). The topological polar surface area (TPSA) is 103 Å². The molecule has 1 aliphatic rings. The van der Waals surface area contributed by atoms with Crippen molar-refractivity contribution >= 4 is 28.7 Å². The van der Waals surface area contributed by atoms with Gasteiger partial charge in [0.2, 0.25) is 11.8 Å². The van der Waals surface area contributed by atoms with Crippen molar-refractivity contribution in [2.75, 3.05) is 13.1 Å². The van der Waals surface area contributed by atoms with Gasteiger partial charge in [-0.3, -0.25) is 14.4 Å². The minimum atomic E-state index is -0.921. The van der Waals surface area contributed by atoms with Gasteiger partial charge in [-0.25, -0.2) is 4.39 Å². The Morgan fingerprint density at radius 1 is 1.42 bits per heavy atom. The number of aliphatic carboxylic acids is 1. The summed E-state index contributed by atoms with van der Waals surface area (Å²) >= 11 is 0. The first-order valence-electron chi connectivity index (χ1n) is 8.39. The summed E-state index contributed by atoms with van der Waals surface area (Å²) in [6, 6.07) is 3.53. The van der Waals surface area contributed by atoms with E-state index in [4.69, 9.17) is 5.11 Å². The van der Waals surface area contributed by atoms with E-state index in [9.17, 15) is 18.8 Å².